The van der Waals surface area contributed by atoms with E-state index in [9.17, 15) is 5.11 Å². The first-order valence-corrected chi connectivity index (χ1v) is 6.13. The fourth-order valence-electron chi connectivity index (χ4n) is 1.85. The van der Waals surface area contributed by atoms with Gasteiger partial charge in [0.05, 0.1) is 24.4 Å². The SMILES string of the molecule is COC1(CNCC(O)COC(C)C)CCC1. The monoisotopic (exact) mass is 231 g/mol. The van der Waals surface area contributed by atoms with Crippen LogP contribution >= 0.6 is 0 Å². The average molecular weight is 231 g/mol. The molecule has 0 aromatic heterocycles. The maximum absolute atomic E-state index is 9.63. The van der Waals surface area contributed by atoms with Gasteiger partial charge in [-0.05, 0) is 33.1 Å². The van der Waals surface area contributed by atoms with E-state index in [1.807, 2.05) is 13.8 Å². The van der Waals surface area contributed by atoms with E-state index in [4.69, 9.17) is 9.47 Å². The zero-order valence-corrected chi connectivity index (χ0v) is 10.7. The van der Waals surface area contributed by atoms with Gasteiger partial charge in [0.2, 0.25) is 0 Å². The highest BCUT2D eigenvalue weighted by Crippen LogP contribution is 2.34. The summed E-state index contributed by atoms with van der Waals surface area (Å²) in [5, 5.41) is 12.9. The topological polar surface area (TPSA) is 50.7 Å². The summed E-state index contributed by atoms with van der Waals surface area (Å²) in [4.78, 5) is 0. The molecule has 1 fully saturated rings. The van der Waals surface area contributed by atoms with Crippen LogP contribution in [0.15, 0.2) is 0 Å². The third kappa shape index (κ3) is 4.37. The molecule has 1 rings (SSSR count). The highest BCUT2D eigenvalue weighted by molar-refractivity contribution is 4.91. The van der Waals surface area contributed by atoms with E-state index < -0.39 is 6.10 Å². The molecule has 16 heavy (non-hydrogen) atoms. The van der Waals surface area contributed by atoms with Crippen LogP contribution in [0, 0.1) is 0 Å². The number of hydrogen-bond acceptors (Lipinski definition) is 4. The molecular weight excluding hydrogens is 206 g/mol. The van der Waals surface area contributed by atoms with Gasteiger partial charge in [-0.15, -0.1) is 0 Å². The Balaban J connectivity index is 2.05. The number of nitrogens with one attached hydrogen (secondary N) is 1. The largest absolute Gasteiger partial charge is 0.389 e. The van der Waals surface area contributed by atoms with Gasteiger partial charge in [0.25, 0.3) is 0 Å². The summed E-state index contributed by atoms with van der Waals surface area (Å²) in [6.45, 7) is 5.72. The van der Waals surface area contributed by atoms with Crippen LogP contribution in [-0.2, 0) is 9.47 Å². The number of aliphatic hydroxyl groups is 1. The Morgan fingerprint density at radius 3 is 2.50 bits per heavy atom. The van der Waals surface area contributed by atoms with Crippen molar-refractivity contribution in [2.45, 2.75) is 50.9 Å². The lowest BCUT2D eigenvalue weighted by atomic mass is 9.80. The molecule has 0 aromatic rings. The van der Waals surface area contributed by atoms with E-state index in [0.717, 1.165) is 19.4 Å². The minimum absolute atomic E-state index is 0.0264. The minimum atomic E-state index is -0.434. The third-order valence-corrected chi connectivity index (χ3v) is 3.15. The average Bonchev–Trinajstić information content (AvgIpc) is 2.19. The summed E-state index contributed by atoms with van der Waals surface area (Å²) in [5.74, 6) is 0. The Hall–Kier alpha value is -0.160. The Labute approximate surface area is 98.3 Å². The molecular formula is C12H25NO3. The Morgan fingerprint density at radius 1 is 1.38 bits per heavy atom. The molecule has 0 aliphatic heterocycles. The molecule has 1 unspecified atom stereocenters. The summed E-state index contributed by atoms with van der Waals surface area (Å²) >= 11 is 0. The van der Waals surface area contributed by atoms with Gasteiger partial charge >= 0.3 is 0 Å². The van der Waals surface area contributed by atoms with Crippen LogP contribution in [0.4, 0.5) is 0 Å². The maximum Gasteiger partial charge on any atom is 0.0897 e. The molecule has 1 atom stereocenters. The molecule has 0 spiro atoms. The molecule has 96 valence electrons. The van der Waals surface area contributed by atoms with Crippen LogP contribution < -0.4 is 5.32 Å². The Bertz CT molecular complexity index is 187. The van der Waals surface area contributed by atoms with E-state index in [-0.39, 0.29) is 11.7 Å². The summed E-state index contributed by atoms with van der Waals surface area (Å²) in [6.07, 6.45) is 3.22. The van der Waals surface area contributed by atoms with Crippen molar-refractivity contribution in [3.63, 3.8) is 0 Å². The lowest BCUT2D eigenvalue weighted by Gasteiger charge is -2.40. The van der Waals surface area contributed by atoms with E-state index >= 15 is 0 Å². The normalized spacial score (nSPS) is 20.8. The van der Waals surface area contributed by atoms with Gasteiger partial charge in [-0.1, -0.05) is 0 Å². The summed E-state index contributed by atoms with van der Waals surface area (Å²) in [7, 11) is 1.76. The highest BCUT2D eigenvalue weighted by atomic mass is 16.5. The molecule has 0 saturated heterocycles. The predicted molar refractivity (Wildman–Crippen MR) is 63.6 cm³/mol. The van der Waals surface area contributed by atoms with Crippen molar-refractivity contribution in [3.05, 3.63) is 0 Å². The fourth-order valence-corrected chi connectivity index (χ4v) is 1.85. The lowest BCUT2D eigenvalue weighted by molar-refractivity contribution is -0.0716. The molecule has 4 nitrogen and oxygen atoms in total. The van der Waals surface area contributed by atoms with Crippen molar-refractivity contribution >= 4 is 0 Å². The maximum atomic E-state index is 9.63. The van der Waals surface area contributed by atoms with Gasteiger partial charge in [-0.3, -0.25) is 0 Å². The molecule has 1 aliphatic carbocycles. The quantitative estimate of drug-likeness (QED) is 0.652. The van der Waals surface area contributed by atoms with Gasteiger partial charge < -0.3 is 19.9 Å². The second-order valence-electron chi connectivity index (χ2n) is 4.91. The minimum Gasteiger partial charge on any atom is -0.389 e. The number of ether oxygens (including phenoxy) is 2. The molecule has 1 aliphatic rings. The Kier molecular flexibility index (Phi) is 5.69. The molecule has 0 aromatic carbocycles. The third-order valence-electron chi connectivity index (χ3n) is 3.15. The fraction of sp³-hybridized carbons (Fsp3) is 1.00. The van der Waals surface area contributed by atoms with Crippen molar-refractivity contribution in [3.8, 4) is 0 Å². The van der Waals surface area contributed by atoms with Crippen LogP contribution in [0.3, 0.4) is 0 Å². The van der Waals surface area contributed by atoms with Crippen molar-refractivity contribution in [1.82, 2.24) is 5.32 Å². The highest BCUT2D eigenvalue weighted by Gasteiger charge is 2.36. The molecule has 2 N–H and O–H groups in total. The summed E-state index contributed by atoms with van der Waals surface area (Å²) in [6, 6.07) is 0. The molecule has 0 bridgehead atoms. The number of aliphatic hydroxyl groups excluding tert-OH is 1. The van der Waals surface area contributed by atoms with E-state index in [1.165, 1.54) is 6.42 Å². The number of methoxy groups -OCH3 is 1. The smallest absolute Gasteiger partial charge is 0.0897 e. The zero-order chi connectivity index (χ0) is 12.0. The van der Waals surface area contributed by atoms with E-state index in [0.29, 0.717) is 13.2 Å². The van der Waals surface area contributed by atoms with Gasteiger partial charge in [0.1, 0.15) is 0 Å². The predicted octanol–water partition coefficient (Wildman–Crippen LogP) is 0.931. The number of hydrogen-bond donors (Lipinski definition) is 2. The first-order valence-electron chi connectivity index (χ1n) is 6.13. The first-order chi connectivity index (χ1) is 7.58. The van der Waals surface area contributed by atoms with E-state index in [1.54, 1.807) is 7.11 Å². The standard InChI is InChI=1S/C12H25NO3/c1-10(2)16-8-11(14)7-13-9-12(15-3)5-4-6-12/h10-11,13-14H,4-9H2,1-3H3. The molecule has 0 radical (unpaired) electrons. The van der Waals surface area contributed by atoms with Crippen LogP contribution in [-0.4, -0.2) is 49.7 Å². The van der Waals surface area contributed by atoms with Gasteiger partial charge in [0.15, 0.2) is 0 Å². The van der Waals surface area contributed by atoms with Gasteiger partial charge in [-0.2, -0.15) is 0 Å². The summed E-state index contributed by atoms with van der Waals surface area (Å²) < 4.78 is 10.8. The summed E-state index contributed by atoms with van der Waals surface area (Å²) in [5.41, 5.74) is 0.0264. The Morgan fingerprint density at radius 2 is 2.06 bits per heavy atom. The van der Waals surface area contributed by atoms with Crippen molar-refractivity contribution in [1.29, 1.82) is 0 Å². The second-order valence-corrected chi connectivity index (χ2v) is 4.91. The number of rotatable bonds is 8. The second kappa shape index (κ2) is 6.55. The van der Waals surface area contributed by atoms with Crippen LogP contribution in [0.25, 0.3) is 0 Å². The van der Waals surface area contributed by atoms with Crippen molar-refractivity contribution in [2.75, 3.05) is 26.8 Å². The van der Waals surface area contributed by atoms with Gasteiger partial charge in [-0.25, -0.2) is 0 Å². The molecule has 0 heterocycles. The first kappa shape index (κ1) is 13.9. The molecule has 4 heteroatoms. The molecule has 0 amide bonds. The van der Waals surface area contributed by atoms with E-state index in [2.05, 4.69) is 5.32 Å². The van der Waals surface area contributed by atoms with Crippen LogP contribution in [0.1, 0.15) is 33.1 Å². The van der Waals surface area contributed by atoms with Crippen LogP contribution in [0.2, 0.25) is 0 Å². The van der Waals surface area contributed by atoms with Crippen molar-refractivity contribution in [2.24, 2.45) is 0 Å². The van der Waals surface area contributed by atoms with Crippen molar-refractivity contribution < 1.29 is 14.6 Å². The van der Waals surface area contributed by atoms with Gasteiger partial charge in [0, 0.05) is 20.2 Å². The lowest BCUT2D eigenvalue weighted by Crippen LogP contribution is -2.49. The van der Waals surface area contributed by atoms with Crippen LogP contribution in [0.5, 0.6) is 0 Å². The molecule has 1 saturated carbocycles. The zero-order valence-electron chi connectivity index (χ0n) is 10.7.